The Bertz CT molecular complexity index is 737. The predicted molar refractivity (Wildman–Crippen MR) is 75.1 cm³/mol. The Morgan fingerprint density at radius 1 is 1.19 bits per heavy atom. The van der Waals surface area contributed by atoms with Crippen LogP contribution in [-0.2, 0) is 0 Å². The first-order valence-electron chi connectivity index (χ1n) is 5.58. The minimum absolute atomic E-state index is 0.116. The molecule has 8 heteroatoms. The summed E-state index contributed by atoms with van der Waals surface area (Å²) in [5, 5.41) is 12.8. The molecule has 0 spiro atoms. The number of non-ortho nitro benzene ring substituents is 1. The molecule has 0 heterocycles. The molecule has 2 aromatic rings. The van der Waals surface area contributed by atoms with E-state index in [0.717, 1.165) is 18.2 Å². The van der Waals surface area contributed by atoms with Gasteiger partial charge in [0.25, 0.3) is 11.6 Å². The van der Waals surface area contributed by atoms with Gasteiger partial charge in [-0.25, -0.2) is 8.78 Å². The summed E-state index contributed by atoms with van der Waals surface area (Å²) in [6.07, 6.45) is 0. The van der Waals surface area contributed by atoms with Gasteiger partial charge in [0.2, 0.25) is 0 Å². The highest BCUT2D eigenvalue weighted by atomic mass is 79.9. The minimum atomic E-state index is -0.925. The van der Waals surface area contributed by atoms with E-state index >= 15 is 0 Å². The van der Waals surface area contributed by atoms with Crippen LogP contribution in [0.2, 0.25) is 0 Å². The summed E-state index contributed by atoms with van der Waals surface area (Å²) >= 11 is 3.07. The average Bonchev–Trinajstić information content (AvgIpc) is 2.41. The summed E-state index contributed by atoms with van der Waals surface area (Å²) in [5.74, 6) is -2.46. The summed E-state index contributed by atoms with van der Waals surface area (Å²) in [7, 11) is 0. The maximum absolute atomic E-state index is 13.6. The van der Waals surface area contributed by atoms with Crippen molar-refractivity contribution >= 4 is 33.2 Å². The first-order valence-corrected chi connectivity index (χ1v) is 6.37. The molecule has 0 bridgehead atoms. The van der Waals surface area contributed by atoms with Gasteiger partial charge in [-0.2, -0.15) is 0 Å². The van der Waals surface area contributed by atoms with Crippen molar-refractivity contribution in [3.8, 4) is 0 Å². The van der Waals surface area contributed by atoms with Gasteiger partial charge in [-0.1, -0.05) is 15.9 Å². The molecule has 0 saturated heterocycles. The zero-order chi connectivity index (χ0) is 15.6. The number of nitro groups is 1. The van der Waals surface area contributed by atoms with Crippen LogP contribution in [0, 0.1) is 21.7 Å². The molecule has 2 aromatic carbocycles. The highest BCUT2D eigenvalue weighted by molar-refractivity contribution is 9.10. The maximum Gasteiger partial charge on any atom is 0.273 e. The van der Waals surface area contributed by atoms with Crippen molar-refractivity contribution in [1.82, 2.24) is 0 Å². The molecular weight excluding hydrogens is 350 g/mol. The van der Waals surface area contributed by atoms with Gasteiger partial charge in [0, 0.05) is 16.1 Å². The first kappa shape index (κ1) is 15.0. The normalized spacial score (nSPS) is 10.2. The maximum atomic E-state index is 13.6. The molecule has 0 saturated carbocycles. The van der Waals surface area contributed by atoms with Crippen molar-refractivity contribution in [1.29, 1.82) is 0 Å². The number of nitro benzene ring substituents is 1. The van der Waals surface area contributed by atoms with Crippen molar-refractivity contribution in [2.24, 2.45) is 0 Å². The van der Waals surface area contributed by atoms with E-state index in [1.165, 1.54) is 12.1 Å². The van der Waals surface area contributed by atoms with Crippen LogP contribution in [-0.4, -0.2) is 10.8 Å². The molecule has 108 valence electrons. The van der Waals surface area contributed by atoms with Crippen LogP contribution in [0.5, 0.6) is 0 Å². The number of hydrogen-bond acceptors (Lipinski definition) is 3. The van der Waals surface area contributed by atoms with E-state index in [1.807, 2.05) is 0 Å². The van der Waals surface area contributed by atoms with Gasteiger partial charge in [-0.3, -0.25) is 14.9 Å². The van der Waals surface area contributed by atoms with Crippen LogP contribution in [0.25, 0.3) is 0 Å². The summed E-state index contributed by atoms with van der Waals surface area (Å²) in [6.45, 7) is 0. The fourth-order valence-corrected chi connectivity index (χ4v) is 1.93. The Morgan fingerprint density at radius 2 is 1.90 bits per heavy atom. The number of hydrogen-bond donors (Lipinski definition) is 1. The molecule has 21 heavy (non-hydrogen) atoms. The van der Waals surface area contributed by atoms with Crippen molar-refractivity contribution in [3.63, 3.8) is 0 Å². The van der Waals surface area contributed by atoms with Gasteiger partial charge in [0.1, 0.15) is 11.6 Å². The van der Waals surface area contributed by atoms with E-state index < -0.39 is 28.2 Å². The van der Waals surface area contributed by atoms with Crippen molar-refractivity contribution < 1.29 is 18.5 Å². The fourth-order valence-electron chi connectivity index (χ4n) is 1.60. The molecule has 0 aliphatic carbocycles. The Hall–Kier alpha value is -2.35. The number of rotatable bonds is 3. The smallest absolute Gasteiger partial charge is 0.273 e. The molecule has 0 unspecified atom stereocenters. The van der Waals surface area contributed by atoms with Gasteiger partial charge < -0.3 is 5.32 Å². The van der Waals surface area contributed by atoms with Crippen LogP contribution >= 0.6 is 15.9 Å². The topological polar surface area (TPSA) is 72.2 Å². The van der Waals surface area contributed by atoms with Gasteiger partial charge in [-0.15, -0.1) is 0 Å². The van der Waals surface area contributed by atoms with E-state index in [4.69, 9.17) is 0 Å². The predicted octanol–water partition coefficient (Wildman–Crippen LogP) is 3.89. The van der Waals surface area contributed by atoms with Crippen LogP contribution in [0.1, 0.15) is 10.4 Å². The number of amides is 1. The number of nitrogens with zero attached hydrogens (tertiary/aromatic N) is 1. The highest BCUT2D eigenvalue weighted by Gasteiger charge is 2.16. The minimum Gasteiger partial charge on any atom is -0.319 e. The number of halogens is 3. The van der Waals surface area contributed by atoms with Crippen LogP contribution < -0.4 is 5.32 Å². The molecule has 5 nitrogen and oxygen atoms in total. The molecule has 2 rings (SSSR count). The van der Waals surface area contributed by atoms with E-state index in [1.54, 1.807) is 0 Å². The van der Waals surface area contributed by atoms with Gasteiger partial charge in [0.05, 0.1) is 16.7 Å². The SMILES string of the molecule is O=C(Nc1ccc(Br)cc1F)c1cc(F)cc([N+](=O)[O-])c1. The summed E-state index contributed by atoms with van der Waals surface area (Å²) < 4.78 is 27.3. The molecule has 0 fully saturated rings. The van der Waals surface area contributed by atoms with Crippen LogP contribution in [0.4, 0.5) is 20.2 Å². The molecule has 1 N–H and O–H groups in total. The lowest BCUT2D eigenvalue weighted by atomic mass is 10.1. The number of nitrogens with one attached hydrogen (secondary N) is 1. The Morgan fingerprint density at radius 3 is 2.52 bits per heavy atom. The molecule has 0 atom stereocenters. The third-order valence-electron chi connectivity index (χ3n) is 2.53. The summed E-state index contributed by atoms with van der Waals surface area (Å²) in [4.78, 5) is 21.7. The summed E-state index contributed by atoms with van der Waals surface area (Å²) in [6, 6.07) is 6.40. The zero-order valence-electron chi connectivity index (χ0n) is 10.3. The van der Waals surface area contributed by atoms with Gasteiger partial charge in [-0.05, 0) is 24.3 Å². The Balaban J connectivity index is 2.30. The lowest BCUT2D eigenvalue weighted by Crippen LogP contribution is -2.13. The van der Waals surface area contributed by atoms with Crippen LogP contribution in [0.15, 0.2) is 40.9 Å². The second kappa shape index (κ2) is 5.96. The van der Waals surface area contributed by atoms with E-state index in [2.05, 4.69) is 21.2 Å². The monoisotopic (exact) mass is 356 g/mol. The average molecular weight is 357 g/mol. The fraction of sp³-hybridized carbons (Fsp3) is 0. The van der Waals surface area contributed by atoms with Crippen molar-refractivity contribution in [2.75, 3.05) is 5.32 Å². The third-order valence-corrected chi connectivity index (χ3v) is 3.03. The number of anilines is 1. The lowest BCUT2D eigenvalue weighted by molar-refractivity contribution is -0.385. The molecule has 0 radical (unpaired) electrons. The van der Waals surface area contributed by atoms with Gasteiger partial charge in [0.15, 0.2) is 0 Å². The van der Waals surface area contributed by atoms with E-state index in [0.29, 0.717) is 10.5 Å². The number of benzene rings is 2. The summed E-state index contributed by atoms with van der Waals surface area (Å²) in [5.41, 5.74) is -0.949. The molecule has 1 amide bonds. The van der Waals surface area contributed by atoms with E-state index in [9.17, 15) is 23.7 Å². The highest BCUT2D eigenvalue weighted by Crippen LogP contribution is 2.21. The first-order chi connectivity index (χ1) is 9.86. The molecule has 0 aliphatic rings. The number of carbonyl (C=O) groups excluding carboxylic acids is 1. The molecular formula is C13H7BrF2N2O3. The van der Waals surface area contributed by atoms with Crippen LogP contribution in [0.3, 0.4) is 0 Å². The second-order valence-electron chi connectivity index (χ2n) is 4.03. The Labute approximate surface area is 125 Å². The molecule has 0 aliphatic heterocycles. The lowest BCUT2D eigenvalue weighted by Gasteiger charge is -2.07. The molecule has 0 aromatic heterocycles. The number of carbonyl (C=O) groups is 1. The quantitative estimate of drug-likeness (QED) is 0.669. The second-order valence-corrected chi connectivity index (χ2v) is 4.95. The third kappa shape index (κ3) is 3.60. The van der Waals surface area contributed by atoms with E-state index in [-0.39, 0.29) is 11.3 Å². The Kier molecular flexibility index (Phi) is 4.27. The van der Waals surface area contributed by atoms with Gasteiger partial charge >= 0.3 is 0 Å². The van der Waals surface area contributed by atoms with Crippen molar-refractivity contribution in [3.05, 3.63) is 68.2 Å². The standard InChI is InChI=1S/C13H7BrF2N2O3/c14-8-1-2-12(11(16)5-8)17-13(19)7-3-9(15)6-10(4-7)18(20)21/h1-6H,(H,17,19). The zero-order valence-corrected chi connectivity index (χ0v) is 11.9. The largest absolute Gasteiger partial charge is 0.319 e. The van der Waals surface area contributed by atoms with Crippen molar-refractivity contribution in [2.45, 2.75) is 0 Å².